The van der Waals surface area contributed by atoms with Crippen molar-refractivity contribution in [2.75, 3.05) is 11.5 Å². The summed E-state index contributed by atoms with van der Waals surface area (Å²) in [4.78, 5) is 32.7. The van der Waals surface area contributed by atoms with Gasteiger partial charge in [0.15, 0.2) is 0 Å². The highest BCUT2D eigenvalue weighted by molar-refractivity contribution is 6.08. The normalized spacial score (nSPS) is 23.2. The molecule has 1 fully saturated rings. The number of carbonyl (C=O) groups is 1. The number of carbonyl (C=O) groups excluding carboxylic acids is 1. The lowest BCUT2D eigenvalue weighted by atomic mass is 9.66. The molecule has 4 aromatic rings. The summed E-state index contributed by atoms with van der Waals surface area (Å²) in [5.74, 6) is -0.573. The van der Waals surface area contributed by atoms with E-state index in [1.165, 1.54) is 5.56 Å². The molecule has 0 aromatic heterocycles. The summed E-state index contributed by atoms with van der Waals surface area (Å²) < 4.78 is 5.17. The van der Waals surface area contributed by atoms with Crippen LogP contribution in [0.5, 0.6) is 0 Å². The molecule has 2 heterocycles. The van der Waals surface area contributed by atoms with Crippen molar-refractivity contribution in [1.29, 1.82) is 0 Å². The maximum Gasteiger partial charge on any atom is 0.410 e. The van der Waals surface area contributed by atoms with Crippen LogP contribution in [-0.2, 0) is 9.53 Å². The molecule has 1 spiro atoms. The van der Waals surface area contributed by atoms with E-state index in [9.17, 15) is 14.9 Å². The highest BCUT2D eigenvalue weighted by atomic mass is 16.6. The summed E-state index contributed by atoms with van der Waals surface area (Å²) in [5.41, 5.74) is 3.04. The quantitative estimate of drug-likeness (QED) is 0.172. The van der Waals surface area contributed by atoms with Crippen molar-refractivity contribution < 1.29 is 14.5 Å². The fourth-order valence-electron chi connectivity index (χ4n) is 7.35. The second-order valence-corrected chi connectivity index (χ2v) is 11.2. The monoisotopic (exact) mass is 557 g/mol. The largest absolute Gasteiger partial charge is 0.458 e. The summed E-state index contributed by atoms with van der Waals surface area (Å²) in [7, 11) is 0. The third-order valence-electron chi connectivity index (χ3n) is 9.01. The second-order valence-electron chi connectivity index (χ2n) is 11.2. The third kappa shape index (κ3) is 3.95. The number of benzene rings is 4. The molecule has 0 bridgehead atoms. The summed E-state index contributed by atoms with van der Waals surface area (Å²) in [6.07, 6.45) is 6.41. The number of hydrogen-bond donors (Lipinski definition) is 0. The molecule has 7 nitrogen and oxygen atoms in total. The molecular formula is C35H31N3O4. The van der Waals surface area contributed by atoms with Crippen LogP contribution in [0.4, 0.5) is 5.69 Å². The summed E-state index contributed by atoms with van der Waals surface area (Å²) in [5, 5.41) is 14.9. The first kappa shape index (κ1) is 26.1. The Balaban J connectivity index is 1.59. The first-order valence-electron chi connectivity index (χ1n) is 14.6. The van der Waals surface area contributed by atoms with Crippen LogP contribution in [0.25, 0.3) is 22.2 Å². The molecule has 7 heteroatoms. The van der Waals surface area contributed by atoms with Crippen LogP contribution in [0.1, 0.15) is 49.7 Å². The first-order valence-corrected chi connectivity index (χ1v) is 14.6. The molecule has 2 aliphatic heterocycles. The molecule has 4 aromatic carbocycles. The summed E-state index contributed by atoms with van der Waals surface area (Å²) in [6.45, 7) is 1.70. The van der Waals surface area contributed by atoms with Crippen molar-refractivity contribution >= 4 is 33.8 Å². The van der Waals surface area contributed by atoms with Crippen molar-refractivity contribution in [3.05, 3.63) is 129 Å². The topological polar surface area (TPSA) is 85.0 Å². The maximum atomic E-state index is 13.0. The average Bonchev–Trinajstić information content (AvgIpc) is 3.35. The van der Waals surface area contributed by atoms with Gasteiger partial charge in [0.25, 0.3) is 0 Å². The molecule has 0 N–H and O–H groups in total. The third-order valence-corrected chi connectivity index (χ3v) is 9.01. The zero-order valence-electron chi connectivity index (χ0n) is 23.4. The standard InChI is InChI=1S/C35H31N3O4/c1-2-42-34(39)33(38(40)41)28-22-31-32(26-18-10-9-17-25(26)28)36-35-20-12-11-19-29(35)27(23-13-5-3-6-14-23)21-30(37(31)35)24-15-7-4-8-16-24/h3-10,13-18,21-22,27,29H,2,11-12,19-20H2,1H3/b33-28+. The van der Waals surface area contributed by atoms with E-state index in [1.54, 1.807) is 13.0 Å². The van der Waals surface area contributed by atoms with Gasteiger partial charge >= 0.3 is 11.7 Å². The van der Waals surface area contributed by atoms with Gasteiger partial charge in [0.05, 0.1) is 27.8 Å². The van der Waals surface area contributed by atoms with Gasteiger partial charge < -0.3 is 9.64 Å². The Kier molecular flexibility index (Phi) is 6.38. The lowest BCUT2D eigenvalue weighted by Crippen LogP contribution is -2.55. The molecule has 1 saturated carbocycles. The molecule has 210 valence electrons. The Morgan fingerprint density at radius 2 is 1.69 bits per heavy atom. The Morgan fingerprint density at radius 1 is 1.00 bits per heavy atom. The van der Waals surface area contributed by atoms with Crippen molar-refractivity contribution in [3.8, 4) is 0 Å². The lowest BCUT2D eigenvalue weighted by Gasteiger charge is -2.53. The van der Waals surface area contributed by atoms with E-state index in [1.807, 2.05) is 48.5 Å². The smallest absolute Gasteiger partial charge is 0.410 e. The van der Waals surface area contributed by atoms with Gasteiger partial charge in [0.2, 0.25) is 0 Å². The molecule has 3 atom stereocenters. The average molecular weight is 558 g/mol. The molecule has 7 rings (SSSR count). The number of hydrogen-bond acceptors (Lipinski definition) is 6. The van der Waals surface area contributed by atoms with Crippen LogP contribution in [0, 0.1) is 16.0 Å². The number of rotatable bonds is 5. The number of ether oxygens (including phenoxy) is 1. The number of esters is 1. The van der Waals surface area contributed by atoms with E-state index in [0.717, 1.165) is 53.4 Å². The Hall–Kier alpha value is -4.78. The van der Waals surface area contributed by atoms with Crippen LogP contribution in [-0.4, -0.2) is 23.2 Å². The Bertz CT molecular complexity index is 1870. The van der Waals surface area contributed by atoms with E-state index in [-0.39, 0.29) is 23.7 Å². The summed E-state index contributed by atoms with van der Waals surface area (Å²) in [6, 6.07) is 30.3. The zero-order chi connectivity index (χ0) is 28.8. The van der Waals surface area contributed by atoms with Gasteiger partial charge in [0.1, 0.15) is 5.66 Å². The highest BCUT2D eigenvalue weighted by Crippen LogP contribution is 2.56. The van der Waals surface area contributed by atoms with Gasteiger partial charge in [-0.15, -0.1) is 0 Å². The zero-order valence-corrected chi connectivity index (χ0v) is 23.4. The molecular weight excluding hydrogens is 526 g/mol. The number of nitrogens with zero attached hydrogens (tertiary/aromatic N) is 3. The van der Waals surface area contributed by atoms with E-state index in [4.69, 9.17) is 9.73 Å². The Labute approximate surface area is 243 Å². The van der Waals surface area contributed by atoms with Gasteiger partial charge in [-0.3, -0.25) is 15.1 Å². The van der Waals surface area contributed by atoms with Crippen molar-refractivity contribution in [2.24, 2.45) is 10.9 Å². The minimum atomic E-state index is -0.936. The van der Waals surface area contributed by atoms with Crippen LogP contribution >= 0.6 is 0 Å². The van der Waals surface area contributed by atoms with Crippen molar-refractivity contribution in [1.82, 2.24) is 0 Å². The molecule has 0 amide bonds. The fourth-order valence-corrected chi connectivity index (χ4v) is 7.35. The number of allylic oxidation sites excluding steroid dienone is 1. The Morgan fingerprint density at radius 3 is 2.40 bits per heavy atom. The van der Waals surface area contributed by atoms with Gasteiger partial charge in [-0.25, -0.2) is 4.79 Å². The molecule has 3 unspecified atom stereocenters. The minimum absolute atomic E-state index is 0.0487. The number of nitro groups is 1. The van der Waals surface area contributed by atoms with Crippen LogP contribution in [0.2, 0.25) is 0 Å². The van der Waals surface area contributed by atoms with Gasteiger partial charge in [-0.1, -0.05) is 97.4 Å². The van der Waals surface area contributed by atoms with E-state index in [2.05, 4.69) is 47.4 Å². The maximum absolute atomic E-state index is 13.0. The summed E-state index contributed by atoms with van der Waals surface area (Å²) >= 11 is 0. The van der Waals surface area contributed by atoms with Gasteiger partial charge in [-0.05, 0) is 48.8 Å². The van der Waals surface area contributed by atoms with Crippen molar-refractivity contribution in [2.45, 2.75) is 44.2 Å². The van der Waals surface area contributed by atoms with E-state index in [0.29, 0.717) is 5.39 Å². The molecule has 0 saturated heterocycles. The molecule has 3 aliphatic rings. The number of anilines is 1. The van der Waals surface area contributed by atoms with Crippen LogP contribution in [0.15, 0.2) is 102 Å². The second kappa shape index (κ2) is 10.2. The van der Waals surface area contributed by atoms with Crippen LogP contribution in [0.3, 0.4) is 0 Å². The molecule has 1 aliphatic carbocycles. The van der Waals surface area contributed by atoms with Gasteiger partial charge in [-0.2, -0.15) is 0 Å². The van der Waals surface area contributed by atoms with E-state index >= 15 is 0 Å². The first-order chi connectivity index (χ1) is 20.5. The lowest BCUT2D eigenvalue weighted by molar-refractivity contribution is -0.378. The fraction of sp³-hybridized carbons (Fsp3) is 0.257. The number of fused-ring (bicyclic) bond motifs is 4. The van der Waals surface area contributed by atoms with Crippen molar-refractivity contribution in [3.63, 3.8) is 0 Å². The molecule has 42 heavy (non-hydrogen) atoms. The van der Waals surface area contributed by atoms with E-state index < -0.39 is 22.3 Å². The van der Waals surface area contributed by atoms with Crippen LogP contribution < -0.4 is 15.5 Å². The van der Waals surface area contributed by atoms with Gasteiger partial charge in [0, 0.05) is 22.9 Å². The molecule has 0 radical (unpaired) electrons. The predicted octanol–water partition coefficient (Wildman–Crippen LogP) is 5.95. The SMILES string of the molecule is CCOC(=O)/C(=c1/cc2c(c3ccccc13)=NC13CCCCC1C(c1ccccc1)C=C(c1ccccc1)N23)[N+](=O)[O-]. The predicted molar refractivity (Wildman–Crippen MR) is 163 cm³/mol. The minimum Gasteiger partial charge on any atom is -0.458 e. The highest BCUT2D eigenvalue weighted by Gasteiger charge is 2.55.